The molecule has 0 spiro atoms. The number of hydrogen-bond acceptors (Lipinski definition) is 4. The highest BCUT2D eigenvalue weighted by molar-refractivity contribution is 14.0. The Labute approximate surface area is 202 Å². The molecule has 2 aromatic rings. The van der Waals surface area contributed by atoms with Crippen molar-refractivity contribution in [3.63, 3.8) is 0 Å². The van der Waals surface area contributed by atoms with E-state index in [1.165, 1.54) is 11.1 Å². The summed E-state index contributed by atoms with van der Waals surface area (Å²) in [6.07, 6.45) is 5.45. The van der Waals surface area contributed by atoms with Gasteiger partial charge < -0.3 is 19.5 Å². The number of halogens is 1. The number of aromatic nitrogens is 2. The van der Waals surface area contributed by atoms with E-state index >= 15 is 0 Å². The molecule has 1 saturated heterocycles. The Morgan fingerprint density at radius 2 is 2.00 bits per heavy atom. The fraction of sp³-hybridized carbons (Fsp3) is 0.522. The number of aryl methyl sites for hydroxylation is 1. The third-order valence-electron chi connectivity index (χ3n) is 5.43. The first-order valence-electron chi connectivity index (χ1n) is 10.9. The van der Waals surface area contributed by atoms with Crippen molar-refractivity contribution >= 4 is 35.9 Å². The van der Waals surface area contributed by atoms with E-state index in [1.807, 2.05) is 26.2 Å². The predicted molar refractivity (Wildman–Crippen MR) is 134 cm³/mol. The Morgan fingerprint density at radius 3 is 2.65 bits per heavy atom. The maximum atomic E-state index is 12.0. The number of imidazole rings is 1. The summed E-state index contributed by atoms with van der Waals surface area (Å²) in [5, 5.41) is 3.40. The quantitative estimate of drug-likeness (QED) is 0.252. The largest absolute Gasteiger partial charge is 0.466 e. The zero-order chi connectivity index (χ0) is 21.3. The van der Waals surface area contributed by atoms with E-state index in [-0.39, 0.29) is 35.9 Å². The van der Waals surface area contributed by atoms with Crippen molar-refractivity contribution in [1.82, 2.24) is 19.8 Å². The number of nitrogens with zero attached hydrogens (tertiary/aromatic N) is 4. The maximum absolute atomic E-state index is 12.0. The van der Waals surface area contributed by atoms with E-state index < -0.39 is 0 Å². The lowest BCUT2D eigenvalue weighted by Crippen LogP contribution is -2.46. The number of hydrogen-bond donors (Lipinski definition) is 1. The number of rotatable bonds is 7. The topological polar surface area (TPSA) is 71.8 Å². The van der Waals surface area contributed by atoms with E-state index in [0.717, 1.165) is 50.8 Å². The lowest BCUT2D eigenvalue weighted by Gasteiger charge is -2.33. The van der Waals surface area contributed by atoms with Crippen molar-refractivity contribution in [3.05, 3.63) is 53.6 Å². The van der Waals surface area contributed by atoms with Gasteiger partial charge in [0, 0.05) is 38.6 Å². The number of esters is 1. The Hall–Kier alpha value is -2.10. The van der Waals surface area contributed by atoms with E-state index in [1.54, 1.807) is 0 Å². The number of guanidine groups is 1. The SMILES string of the molecule is CCNC(=NCc1cccc(Cn2ccnc2C)c1)N1CCC(C(=O)OCC)CC1.I. The van der Waals surface area contributed by atoms with E-state index in [2.05, 4.69) is 51.0 Å². The number of benzene rings is 1. The molecular weight excluding hydrogens is 505 g/mol. The fourth-order valence-corrected chi connectivity index (χ4v) is 3.77. The molecule has 0 atom stereocenters. The fourth-order valence-electron chi connectivity index (χ4n) is 3.77. The van der Waals surface area contributed by atoms with Crippen LogP contribution in [-0.2, 0) is 22.6 Å². The van der Waals surface area contributed by atoms with Crippen LogP contribution in [0.25, 0.3) is 0 Å². The second-order valence-electron chi connectivity index (χ2n) is 7.61. The zero-order valence-corrected chi connectivity index (χ0v) is 21.0. The van der Waals surface area contributed by atoms with Crippen molar-refractivity contribution < 1.29 is 9.53 Å². The van der Waals surface area contributed by atoms with Gasteiger partial charge in [-0.15, -0.1) is 24.0 Å². The Bertz CT molecular complexity index is 859. The van der Waals surface area contributed by atoms with Crippen LogP contribution < -0.4 is 5.32 Å². The Kier molecular flexibility index (Phi) is 10.3. The molecule has 0 radical (unpaired) electrons. The maximum Gasteiger partial charge on any atom is 0.309 e. The van der Waals surface area contributed by atoms with Crippen LogP contribution >= 0.6 is 24.0 Å². The standard InChI is InChI=1S/C23H33N5O2.HI/c1-4-24-23(27-12-9-21(10-13-27)22(29)30-5-2)26-16-19-7-6-8-20(15-19)17-28-14-11-25-18(28)3;/h6-8,11,14-15,21H,4-5,9-10,12-13,16-17H2,1-3H3,(H,24,26);1H. The summed E-state index contributed by atoms with van der Waals surface area (Å²) in [7, 11) is 0. The highest BCUT2D eigenvalue weighted by Crippen LogP contribution is 2.19. The van der Waals surface area contributed by atoms with Gasteiger partial charge in [0.15, 0.2) is 5.96 Å². The molecule has 0 unspecified atom stereocenters. The third kappa shape index (κ3) is 7.22. The van der Waals surface area contributed by atoms with Crippen molar-refractivity contribution in [3.8, 4) is 0 Å². The minimum atomic E-state index is -0.0657. The summed E-state index contributed by atoms with van der Waals surface area (Å²) in [4.78, 5) is 23.4. The Balaban J connectivity index is 0.00000341. The van der Waals surface area contributed by atoms with Gasteiger partial charge in [0.25, 0.3) is 0 Å². The highest BCUT2D eigenvalue weighted by Gasteiger charge is 2.27. The number of nitrogens with one attached hydrogen (secondary N) is 1. The predicted octanol–water partition coefficient (Wildman–Crippen LogP) is 3.60. The van der Waals surface area contributed by atoms with Gasteiger partial charge in [0.1, 0.15) is 5.82 Å². The molecule has 8 heteroatoms. The van der Waals surface area contributed by atoms with E-state index in [4.69, 9.17) is 9.73 Å². The average Bonchev–Trinajstić information content (AvgIpc) is 3.16. The highest BCUT2D eigenvalue weighted by atomic mass is 127. The van der Waals surface area contributed by atoms with E-state index in [9.17, 15) is 4.79 Å². The Morgan fingerprint density at radius 1 is 1.26 bits per heavy atom. The van der Waals surface area contributed by atoms with Gasteiger partial charge in [-0.3, -0.25) is 4.79 Å². The summed E-state index contributed by atoms with van der Waals surface area (Å²) >= 11 is 0. The van der Waals surface area contributed by atoms with Gasteiger partial charge in [0.2, 0.25) is 0 Å². The lowest BCUT2D eigenvalue weighted by molar-refractivity contribution is -0.149. The van der Waals surface area contributed by atoms with E-state index in [0.29, 0.717) is 13.2 Å². The van der Waals surface area contributed by atoms with Crippen LogP contribution in [-0.4, -0.2) is 52.6 Å². The molecule has 1 aromatic carbocycles. The normalized spacial score (nSPS) is 14.8. The average molecular weight is 539 g/mol. The summed E-state index contributed by atoms with van der Waals surface area (Å²) in [6, 6.07) is 8.55. The molecule has 0 amide bonds. The molecule has 2 heterocycles. The molecule has 0 bridgehead atoms. The van der Waals surface area contributed by atoms with Gasteiger partial charge in [-0.25, -0.2) is 9.98 Å². The second-order valence-corrected chi connectivity index (χ2v) is 7.61. The number of ether oxygens (including phenoxy) is 1. The summed E-state index contributed by atoms with van der Waals surface area (Å²) < 4.78 is 7.32. The van der Waals surface area contributed by atoms with Crippen molar-refractivity contribution in [1.29, 1.82) is 0 Å². The van der Waals surface area contributed by atoms with Crippen LogP contribution in [0.15, 0.2) is 41.7 Å². The van der Waals surface area contributed by atoms with Gasteiger partial charge in [0.05, 0.1) is 19.1 Å². The molecule has 1 aliphatic heterocycles. The smallest absolute Gasteiger partial charge is 0.309 e. The molecule has 0 aliphatic carbocycles. The van der Waals surface area contributed by atoms with Crippen LogP contribution in [0.2, 0.25) is 0 Å². The summed E-state index contributed by atoms with van der Waals surface area (Å²) in [6.45, 7) is 10.3. The molecule has 31 heavy (non-hydrogen) atoms. The molecule has 3 rings (SSSR count). The molecule has 1 aromatic heterocycles. The van der Waals surface area contributed by atoms with Crippen LogP contribution in [0.1, 0.15) is 43.6 Å². The number of carbonyl (C=O) groups excluding carboxylic acids is 1. The summed E-state index contributed by atoms with van der Waals surface area (Å²) in [5.74, 6) is 1.87. The first kappa shape index (κ1) is 25.2. The monoisotopic (exact) mass is 539 g/mol. The summed E-state index contributed by atoms with van der Waals surface area (Å²) in [5.41, 5.74) is 2.42. The zero-order valence-electron chi connectivity index (χ0n) is 18.7. The van der Waals surface area contributed by atoms with Crippen molar-refractivity contribution in [2.45, 2.75) is 46.7 Å². The molecule has 170 valence electrons. The minimum Gasteiger partial charge on any atom is -0.466 e. The number of aliphatic imine (C=N–C) groups is 1. The second kappa shape index (κ2) is 12.7. The van der Waals surface area contributed by atoms with Crippen molar-refractivity contribution in [2.75, 3.05) is 26.2 Å². The van der Waals surface area contributed by atoms with Gasteiger partial charge >= 0.3 is 5.97 Å². The number of piperidine rings is 1. The minimum absolute atomic E-state index is 0. The molecule has 0 saturated carbocycles. The number of carbonyl (C=O) groups is 1. The number of likely N-dealkylation sites (tertiary alicyclic amines) is 1. The van der Waals surface area contributed by atoms with Crippen LogP contribution in [0, 0.1) is 12.8 Å². The van der Waals surface area contributed by atoms with Crippen LogP contribution in [0.5, 0.6) is 0 Å². The molecule has 7 nitrogen and oxygen atoms in total. The molecule has 1 aliphatic rings. The van der Waals surface area contributed by atoms with Crippen molar-refractivity contribution in [2.24, 2.45) is 10.9 Å². The first-order chi connectivity index (χ1) is 14.6. The van der Waals surface area contributed by atoms with Crippen LogP contribution in [0.3, 0.4) is 0 Å². The molecule has 1 N–H and O–H groups in total. The first-order valence-corrected chi connectivity index (χ1v) is 10.9. The third-order valence-corrected chi connectivity index (χ3v) is 5.43. The van der Waals surface area contributed by atoms with Gasteiger partial charge in [-0.05, 0) is 44.7 Å². The van der Waals surface area contributed by atoms with Crippen LogP contribution in [0.4, 0.5) is 0 Å². The molecule has 1 fully saturated rings. The van der Waals surface area contributed by atoms with Gasteiger partial charge in [-0.2, -0.15) is 0 Å². The van der Waals surface area contributed by atoms with Gasteiger partial charge in [-0.1, -0.05) is 24.3 Å². The molecular formula is C23H34IN5O2. The lowest BCUT2D eigenvalue weighted by atomic mass is 9.97.